The van der Waals surface area contributed by atoms with Crippen LogP contribution < -0.4 is 5.32 Å². The van der Waals surface area contributed by atoms with Gasteiger partial charge in [-0.2, -0.15) is 0 Å². The number of halogens is 1. The Kier molecular flexibility index (Phi) is 9.95. The number of aromatic nitrogens is 1. The lowest BCUT2D eigenvalue weighted by Gasteiger charge is -2.10. The molecule has 190 valence electrons. The number of ether oxygens (including phenoxy) is 1. The lowest BCUT2D eigenvalue weighted by molar-refractivity contribution is 0.149. The number of alkyl carbamates (subject to hydrolysis) is 1. The van der Waals surface area contributed by atoms with Crippen molar-refractivity contribution >= 4 is 26.6 Å². The first kappa shape index (κ1) is 27.3. The topological polar surface area (TPSA) is 79.5 Å². The number of amides is 1. The van der Waals surface area contributed by atoms with Crippen LogP contribution in [0.15, 0.2) is 59.6 Å². The van der Waals surface area contributed by atoms with Crippen molar-refractivity contribution in [1.82, 2.24) is 9.88 Å². The Morgan fingerprint density at radius 2 is 1.78 bits per heavy atom. The number of rotatable bonds is 10. The van der Waals surface area contributed by atoms with Gasteiger partial charge >= 0.3 is 6.09 Å². The summed E-state index contributed by atoms with van der Waals surface area (Å²) in [6, 6.07) is 15.9. The Morgan fingerprint density at radius 1 is 1.08 bits per heavy atom. The number of nitrogens with zero attached hydrogens (tertiary/aromatic N) is 2. The maximum absolute atomic E-state index is 13.3. The molecule has 2 N–H and O–H groups in total. The predicted molar refractivity (Wildman–Crippen MR) is 147 cm³/mol. The van der Waals surface area contributed by atoms with Gasteiger partial charge in [-0.15, -0.1) is 0 Å². The highest BCUT2D eigenvalue weighted by Crippen LogP contribution is 2.24. The Labute approximate surface area is 214 Å². The van der Waals surface area contributed by atoms with Gasteiger partial charge in [0.25, 0.3) is 0 Å². The zero-order chi connectivity index (χ0) is 26.1. The van der Waals surface area contributed by atoms with Crippen LogP contribution in [0.5, 0.6) is 0 Å². The van der Waals surface area contributed by atoms with Crippen molar-refractivity contribution in [3.8, 4) is 5.69 Å². The molecule has 0 fully saturated rings. The van der Waals surface area contributed by atoms with Crippen molar-refractivity contribution in [1.29, 1.82) is 5.41 Å². The van der Waals surface area contributed by atoms with Gasteiger partial charge in [0.1, 0.15) is 11.7 Å². The third-order valence-electron chi connectivity index (χ3n) is 5.92. The Balaban J connectivity index is 1.59. The second kappa shape index (κ2) is 13.1. The Bertz CT molecular complexity index is 1220. The fraction of sp³-hybridized carbons (Fsp3) is 0.321. The molecular weight excluding hydrogens is 474 g/mol. The van der Waals surface area contributed by atoms with E-state index in [0.29, 0.717) is 18.7 Å². The van der Waals surface area contributed by atoms with Crippen molar-refractivity contribution in [3.05, 3.63) is 88.5 Å². The molecule has 0 aliphatic rings. The van der Waals surface area contributed by atoms with Gasteiger partial charge in [0.2, 0.25) is 0 Å². The van der Waals surface area contributed by atoms with Crippen LogP contribution in [-0.2, 0) is 11.3 Å². The first-order valence-corrected chi connectivity index (χ1v) is 12.7. The highest BCUT2D eigenvalue weighted by molar-refractivity contribution is 7.42. The molecule has 1 heterocycles. The number of aliphatic imine (C=N–C) groups is 1. The molecule has 8 heteroatoms. The molecule has 1 unspecified atom stereocenters. The molecule has 3 aromatic rings. The molecule has 1 amide bonds. The summed E-state index contributed by atoms with van der Waals surface area (Å²) in [7, 11) is 2.71. The van der Waals surface area contributed by atoms with Gasteiger partial charge in [-0.25, -0.2) is 9.18 Å². The average Bonchev–Trinajstić information content (AvgIpc) is 3.17. The van der Waals surface area contributed by atoms with Crippen molar-refractivity contribution in [2.24, 2.45) is 4.99 Å². The molecule has 2 aromatic carbocycles. The molecule has 36 heavy (non-hydrogen) atoms. The van der Waals surface area contributed by atoms with E-state index in [1.807, 2.05) is 26.0 Å². The maximum atomic E-state index is 13.3. The van der Waals surface area contributed by atoms with Gasteiger partial charge in [0.05, 0.1) is 18.6 Å². The summed E-state index contributed by atoms with van der Waals surface area (Å²) in [4.78, 5) is 16.6. The van der Waals surface area contributed by atoms with Crippen molar-refractivity contribution < 1.29 is 13.9 Å². The minimum absolute atomic E-state index is 0.00331. The molecule has 0 aliphatic carbocycles. The molecule has 0 bridgehead atoms. The molecule has 0 saturated carbocycles. The zero-order valence-electron chi connectivity index (χ0n) is 21.1. The molecule has 0 saturated heterocycles. The highest BCUT2D eigenvalue weighted by atomic mass is 31.0. The number of aryl methyl sites for hydroxylation is 1. The molecule has 6 nitrogen and oxygen atoms in total. The first-order chi connectivity index (χ1) is 17.3. The van der Waals surface area contributed by atoms with Gasteiger partial charge < -0.3 is 9.30 Å². The first-order valence-electron chi connectivity index (χ1n) is 12.2. The summed E-state index contributed by atoms with van der Waals surface area (Å²) in [5.41, 5.74) is 6.40. The second-order valence-electron chi connectivity index (χ2n) is 8.69. The minimum Gasteiger partial charge on any atom is -0.449 e. The quantitative estimate of drug-likeness (QED) is 0.139. The summed E-state index contributed by atoms with van der Waals surface area (Å²) >= 11 is 0. The average molecular weight is 509 g/mol. The lowest BCUT2D eigenvalue weighted by Crippen LogP contribution is -2.31. The van der Waals surface area contributed by atoms with Crippen LogP contribution >= 0.6 is 9.24 Å². The summed E-state index contributed by atoms with van der Waals surface area (Å²) in [6.45, 7) is 7.00. The molecule has 1 atom stereocenters. The number of amidine groups is 1. The van der Waals surface area contributed by atoms with Gasteiger partial charge in [-0.3, -0.25) is 15.7 Å². The van der Waals surface area contributed by atoms with Crippen LogP contribution in [0.4, 0.5) is 9.18 Å². The van der Waals surface area contributed by atoms with Crippen LogP contribution in [-0.4, -0.2) is 28.6 Å². The van der Waals surface area contributed by atoms with Gasteiger partial charge in [-0.05, 0) is 56.2 Å². The van der Waals surface area contributed by atoms with Crippen molar-refractivity contribution in [2.75, 3.05) is 6.61 Å². The van der Waals surface area contributed by atoms with Crippen molar-refractivity contribution in [3.63, 3.8) is 0 Å². The molecule has 0 spiro atoms. The number of hydrogen-bond acceptors (Lipinski definition) is 4. The summed E-state index contributed by atoms with van der Waals surface area (Å²) in [5, 5.41) is 10.6. The van der Waals surface area contributed by atoms with E-state index >= 15 is 0 Å². The van der Waals surface area contributed by atoms with E-state index in [1.165, 1.54) is 12.1 Å². The van der Waals surface area contributed by atoms with Crippen LogP contribution in [0.2, 0.25) is 0 Å². The van der Waals surface area contributed by atoms with E-state index in [1.54, 1.807) is 24.3 Å². The van der Waals surface area contributed by atoms with E-state index in [0.717, 1.165) is 59.3 Å². The third-order valence-corrected chi connectivity index (χ3v) is 6.42. The van der Waals surface area contributed by atoms with Crippen LogP contribution in [0.1, 0.15) is 60.7 Å². The fourth-order valence-electron chi connectivity index (χ4n) is 3.95. The minimum atomic E-state index is -0.601. The predicted octanol–water partition coefficient (Wildman–Crippen LogP) is 6.69. The van der Waals surface area contributed by atoms with E-state index in [2.05, 4.69) is 32.1 Å². The second-order valence-corrected chi connectivity index (χ2v) is 9.24. The molecule has 0 aliphatic heterocycles. The van der Waals surface area contributed by atoms with Crippen LogP contribution in [0.25, 0.3) is 5.69 Å². The summed E-state index contributed by atoms with van der Waals surface area (Å²) in [6.07, 6.45) is 3.51. The number of carbonyl (C=O) groups is 1. The van der Waals surface area contributed by atoms with E-state index in [9.17, 15) is 9.18 Å². The normalized spacial score (nSPS) is 11.4. The van der Waals surface area contributed by atoms with E-state index < -0.39 is 6.09 Å². The maximum Gasteiger partial charge on any atom is 0.412 e. The number of hydrogen-bond donors (Lipinski definition) is 2. The largest absolute Gasteiger partial charge is 0.449 e. The smallest absolute Gasteiger partial charge is 0.412 e. The van der Waals surface area contributed by atoms with Crippen LogP contribution in [0, 0.1) is 25.1 Å². The Morgan fingerprint density at radius 3 is 2.44 bits per heavy atom. The van der Waals surface area contributed by atoms with Crippen LogP contribution in [0.3, 0.4) is 0 Å². The zero-order valence-corrected chi connectivity index (χ0v) is 22.3. The number of unbranched alkanes of at least 4 members (excludes halogenated alkanes) is 3. The monoisotopic (exact) mass is 508 g/mol. The summed E-state index contributed by atoms with van der Waals surface area (Å²) in [5.74, 6) is -0.256. The summed E-state index contributed by atoms with van der Waals surface area (Å²) < 4.78 is 20.6. The third kappa shape index (κ3) is 7.34. The molecule has 1 aromatic heterocycles. The fourth-order valence-corrected chi connectivity index (χ4v) is 4.34. The molecule has 3 rings (SSSR count). The number of benzene rings is 2. The number of nitrogens with one attached hydrogen (secondary N) is 2. The lowest BCUT2D eigenvalue weighted by atomic mass is 10.1. The van der Waals surface area contributed by atoms with Gasteiger partial charge in [0, 0.05) is 28.2 Å². The standard InChI is InChI=1S/C28H34FN4O2P/c1-4-5-6-7-16-35-28(34)32-26(30)22-10-8-21(9-11-22)18-31-27(36)25-17-19(2)33(20(25)3)24-14-12-23(29)13-15-24/h8-15,17H,4-7,16,18,36H2,1-3H3,(H2,30,32,34). The number of carbonyl (C=O) groups excluding carboxylic acids is 1. The van der Waals surface area contributed by atoms with E-state index in [4.69, 9.17) is 15.1 Å². The molecular formula is C28H34FN4O2P. The van der Waals surface area contributed by atoms with E-state index in [-0.39, 0.29) is 11.7 Å². The van der Waals surface area contributed by atoms with Gasteiger partial charge in [0.15, 0.2) is 0 Å². The van der Waals surface area contributed by atoms with Gasteiger partial charge in [-0.1, -0.05) is 59.7 Å². The highest BCUT2D eigenvalue weighted by Gasteiger charge is 2.13. The molecule has 0 radical (unpaired) electrons. The van der Waals surface area contributed by atoms with Crippen molar-refractivity contribution in [2.45, 2.75) is 53.0 Å². The SMILES string of the molecule is CCCCCCOC(=O)NC(=N)c1ccc(CN=C(P)c2cc(C)n(-c3ccc(F)cc3)c2C)cc1. The Hall–Kier alpha value is -3.31.